The summed E-state index contributed by atoms with van der Waals surface area (Å²) in [7, 11) is 1.61. The van der Waals surface area contributed by atoms with Crippen LogP contribution in [0.4, 0.5) is 5.69 Å². The Hall–Kier alpha value is -2.64. The van der Waals surface area contributed by atoms with E-state index in [0.29, 0.717) is 29.2 Å². The van der Waals surface area contributed by atoms with Crippen LogP contribution in [0.25, 0.3) is 10.9 Å². The number of ether oxygens (including phenoxy) is 1. The maximum atomic E-state index is 13.1. The highest BCUT2D eigenvalue weighted by molar-refractivity contribution is 7.99. The number of benzene rings is 2. The van der Waals surface area contributed by atoms with Crippen LogP contribution in [0.2, 0.25) is 0 Å². The van der Waals surface area contributed by atoms with Crippen LogP contribution in [-0.4, -0.2) is 41.5 Å². The number of rotatable bonds is 6. The predicted molar refractivity (Wildman–Crippen MR) is 116 cm³/mol. The Balaban J connectivity index is 1.63. The summed E-state index contributed by atoms with van der Waals surface area (Å²) in [6.45, 7) is 3.00. The van der Waals surface area contributed by atoms with Gasteiger partial charge in [-0.15, -0.1) is 0 Å². The molecule has 0 spiro atoms. The van der Waals surface area contributed by atoms with Crippen LogP contribution in [0.3, 0.4) is 0 Å². The van der Waals surface area contributed by atoms with Gasteiger partial charge in [0.25, 0.3) is 5.56 Å². The SMILES string of the molecule is COC[C@@H](C)n1c(SCC(=O)N2CCc3ccccc32)nc2ccccc2c1=O. The van der Waals surface area contributed by atoms with Crippen LogP contribution in [-0.2, 0) is 16.0 Å². The van der Waals surface area contributed by atoms with E-state index in [-0.39, 0.29) is 23.3 Å². The van der Waals surface area contributed by atoms with Gasteiger partial charge in [-0.1, -0.05) is 42.1 Å². The molecule has 0 N–H and O–H groups in total. The second-order valence-corrected chi connectivity index (χ2v) is 8.05. The Morgan fingerprint density at radius 2 is 1.97 bits per heavy atom. The molecule has 150 valence electrons. The first-order valence-corrected chi connectivity index (χ1v) is 10.6. The van der Waals surface area contributed by atoms with Gasteiger partial charge in [-0.3, -0.25) is 14.2 Å². The number of hydrogen-bond acceptors (Lipinski definition) is 5. The number of fused-ring (bicyclic) bond motifs is 2. The van der Waals surface area contributed by atoms with Gasteiger partial charge in [0.15, 0.2) is 5.16 Å². The molecule has 0 saturated carbocycles. The number of para-hydroxylation sites is 2. The molecule has 2 heterocycles. The molecule has 2 aromatic carbocycles. The minimum Gasteiger partial charge on any atom is -0.383 e. The van der Waals surface area contributed by atoms with Crippen molar-refractivity contribution < 1.29 is 9.53 Å². The summed E-state index contributed by atoms with van der Waals surface area (Å²) in [6.07, 6.45) is 0.871. The smallest absolute Gasteiger partial charge is 0.262 e. The quantitative estimate of drug-likeness (QED) is 0.462. The fourth-order valence-electron chi connectivity index (χ4n) is 3.73. The number of anilines is 1. The van der Waals surface area contributed by atoms with Crippen molar-refractivity contribution in [1.29, 1.82) is 0 Å². The monoisotopic (exact) mass is 409 g/mol. The number of thioether (sulfide) groups is 1. The van der Waals surface area contributed by atoms with Crippen molar-refractivity contribution in [3.05, 3.63) is 64.4 Å². The van der Waals surface area contributed by atoms with E-state index in [1.165, 1.54) is 17.3 Å². The molecule has 29 heavy (non-hydrogen) atoms. The first kappa shape index (κ1) is 19.7. The van der Waals surface area contributed by atoms with E-state index in [1.807, 2.05) is 48.2 Å². The van der Waals surface area contributed by atoms with Crippen molar-refractivity contribution in [3.8, 4) is 0 Å². The zero-order chi connectivity index (χ0) is 20.4. The van der Waals surface area contributed by atoms with Gasteiger partial charge < -0.3 is 9.64 Å². The van der Waals surface area contributed by atoms with E-state index < -0.39 is 0 Å². The summed E-state index contributed by atoms with van der Waals surface area (Å²) in [5.41, 5.74) is 2.71. The van der Waals surface area contributed by atoms with E-state index >= 15 is 0 Å². The van der Waals surface area contributed by atoms with Crippen LogP contribution >= 0.6 is 11.8 Å². The maximum absolute atomic E-state index is 13.1. The van der Waals surface area contributed by atoms with Crippen LogP contribution in [0.1, 0.15) is 18.5 Å². The van der Waals surface area contributed by atoms with E-state index in [2.05, 4.69) is 11.1 Å². The van der Waals surface area contributed by atoms with Crippen molar-refractivity contribution in [3.63, 3.8) is 0 Å². The lowest BCUT2D eigenvalue weighted by atomic mass is 10.2. The number of hydrogen-bond donors (Lipinski definition) is 0. The van der Waals surface area contributed by atoms with Crippen molar-refractivity contribution in [2.45, 2.75) is 24.5 Å². The molecule has 7 heteroatoms. The molecule has 6 nitrogen and oxygen atoms in total. The van der Waals surface area contributed by atoms with Gasteiger partial charge >= 0.3 is 0 Å². The Labute approximate surface area is 173 Å². The number of carbonyl (C=O) groups is 1. The number of carbonyl (C=O) groups excluding carboxylic acids is 1. The zero-order valence-corrected chi connectivity index (χ0v) is 17.3. The summed E-state index contributed by atoms with van der Waals surface area (Å²) >= 11 is 1.30. The molecule has 0 saturated heterocycles. The standard InChI is InChI=1S/C22H23N3O3S/c1-15(13-28-2)25-21(27)17-8-4-5-9-18(17)23-22(25)29-14-20(26)24-12-11-16-7-3-6-10-19(16)24/h3-10,15H,11-14H2,1-2H3/t15-/m1/s1. The molecule has 0 radical (unpaired) electrons. The Morgan fingerprint density at radius 3 is 2.79 bits per heavy atom. The van der Waals surface area contributed by atoms with Gasteiger partial charge in [-0.05, 0) is 37.1 Å². The third-order valence-electron chi connectivity index (χ3n) is 5.14. The number of amides is 1. The third-order valence-corrected chi connectivity index (χ3v) is 6.07. The molecule has 3 aromatic rings. The summed E-state index contributed by atoms with van der Waals surface area (Å²) in [5.74, 6) is 0.243. The van der Waals surface area contributed by atoms with Crippen molar-refractivity contribution >= 4 is 34.3 Å². The molecular weight excluding hydrogens is 386 g/mol. The minimum atomic E-state index is -0.185. The summed E-state index contributed by atoms with van der Waals surface area (Å²) < 4.78 is 6.89. The third kappa shape index (κ3) is 3.80. The topological polar surface area (TPSA) is 64.4 Å². The molecule has 4 rings (SSSR count). The molecule has 0 aliphatic carbocycles. The molecule has 0 unspecified atom stereocenters. The van der Waals surface area contributed by atoms with Crippen LogP contribution in [0.15, 0.2) is 58.5 Å². The fourth-order valence-corrected chi connectivity index (χ4v) is 4.71. The zero-order valence-electron chi connectivity index (χ0n) is 16.5. The fraction of sp³-hybridized carbons (Fsp3) is 0.318. The molecule has 1 atom stereocenters. The molecular formula is C22H23N3O3S. The molecule has 1 aromatic heterocycles. The lowest BCUT2D eigenvalue weighted by Crippen LogP contribution is -2.32. The van der Waals surface area contributed by atoms with Crippen LogP contribution in [0, 0.1) is 0 Å². The average molecular weight is 410 g/mol. The van der Waals surface area contributed by atoms with Gasteiger partial charge in [0.05, 0.1) is 29.3 Å². The van der Waals surface area contributed by atoms with Crippen molar-refractivity contribution in [2.75, 3.05) is 30.9 Å². The largest absolute Gasteiger partial charge is 0.383 e. The van der Waals surface area contributed by atoms with Gasteiger partial charge in [-0.25, -0.2) is 4.98 Å². The van der Waals surface area contributed by atoms with E-state index in [4.69, 9.17) is 4.74 Å². The minimum absolute atomic E-state index is 0.0216. The molecule has 0 bridgehead atoms. The second-order valence-electron chi connectivity index (χ2n) is 7.10. The van der Waals surface area contributed by atoms with E-state index in [9.17, 15) is 9.59 Å². The number of methoxy groups -OCH3 is 1. The highest BCUT2D eigenvalue weighted by atomic mass is 32.2. The predicted octanol–water partition coefficient (Wildman–Crippen LogP) is 3.29. The molecule has 1 aliphatic rings. The van der Waals surface area contributed by atoms with Gasteiger partial charge in [0.2, 0.25) is 5.91 Å². The number of aromatic nitrogens is 2. The summed E-state index contributed by atoms with van der Waals surface area (Å²) in [5, 5.41) is 1.11. The van der Waals surface area contributed by atoms with Crippen molar-refractivity contribution in [2.24, 2.45) is 0 Å². The van der Waals surface area contributed by atoms with Gasteiger partial charge in [-0.2, -0.15) is 0 Å². The number of nitrogens with zero attached hydrogens (tertiary/aromatic N) is 3. The molecule has 0 fully saturated rings. The lowest BCUT2D eigenvalue weighted by Gasteiger charge is -2.20. The first-order chi connectivity index (χ1) is 14.1. The lowest BCUT2D eigenvalue weighted by molar-refractivity contribution is -0.116. The van der Waals surface area contributed by atoms with Gasteiger partial charge in [0.1, 0.15) is 0 Å². The first-order valence-electron chi connectivity index (χ1n) is 9.61. The van der Waals surface area contributed by atoms with E-state index in [1.54, 1.807) is 17.7 Å². The maximum Gasteiger partial charge on any atom is 0.262 e. The highest BCUT2D eigenvalue weighted by Gasteiger charge is 2.25. The average Bonchev–Trinajstić information content (AvgIpc) is 3.16. The molecule has 1 aliphatic heterocycles. The van der Waals surface area contributed by atoms with Crippen LogP contribution in [0.5, 0.6) is 0 Å². The molecule has 1 amide bonds. The normalized spacial score (nSPS) is 14.2. The Bertz CT molecular complexity index is 1110. The van der Waals surface area contributed by atoms with Gasteiger partial charge in [0, 0.05) is 19.3 Å². The van der Waals surface area contributed by atoms with Crippen LogP contribution < -0.4 is 10.5 Å². The van der Waals surface area contributed by atoms with Crippen molar-refractivity contribution in [1.82, 2.24) is 9.55 Å². The summed E-state index contributed by atoms with van der Waals surface area (Å²) in [4.78, 5) is 32.5. The van der Waals surface area contributed by atoms with E-state index in [0.717, 1.165) is 12.1 Å². The summed E-state index contributed by atoms with van der Waals surface area (Å²) in [6, 6.07) is 15.1. The Morgan fingerprint density at radius 1 is 1.21 bits per heavy atom. The highest BCUT2D eigenvalue weighted by Crippen LogP contribution is 2.29. The second kappa shape index (κ2) is 8.39. The Kier molecular flexibility index (Phi) is 5.69.